The van der Waals surface area contributed by atoms with Crippen molar-refractivity contribution in [1.82, 2.24) is 19.9 Å². The molecule has 0 unspecified atom stereocenters. The van der Waals surface area contributed by atoms with Crippen molar-refractivity contribution in [2.45, 2.75) is 18.9 Å². The van der Waals surface area contributed by atoms with Crippen LogP contribution in [0, 0.1) is 0 Å². The molecule has 1 aliphatic rings. The molecule has 1 aliphatic carbocycles. The van der Waals surface area contributed by atoms with E-state index >= 15 is 0 Å². The highest BCUT2D eigenvalue weighted by atomic mass is 16.1. The van der Waals surface area contributed by atoms with Gasteiger partial charge < -0.3 is 10.6 Å². The lowest BCUT2D eigenvalue weighted by molar-refractivity contribution is 0.0936. The molecule has 1 atom stereocenters. The van der Waals surface area contributed by atoms with Crippen molar-refractivity contribution >= 4 is 17.4 Å². The summed E-state index contributed by atoms with van der Waals surface area (Å²) in [4.78, 5) is 17.6. The summed E-state index contributed by atoms with van der Waals surface area (Å²) in [7, 11) is 1.79. The maximum atomic E-state index is 13.1. The van der Waals surface area contributed by atoms with Gasteiger partial charge in [-0.3, -0.25) is 4.79 Å². The molecule has 0 bridgehead atoms. The first-order valence-electron chi connectivity index (χ1n) is 9.75. The topological polar surface area (TPSA) is 71.3 Å². The Kier molecular flexibility index (Phi) is 4.24. The Morgan fingerprint density at radius 3 is 2.69 bits per heavy atom. The van der Waals surface area contributed by atoms with Crippen LogP contribution in [0.15, 0.2) is 67.0 Å². The Morgan fingerprint density at radius 2 is 1.86 bits per heavy atom. The first kappa shape index (κ1) is 17.4. The maximum absolute atomic E-state index is 13.1. The molecule has 0 fully saturated rings. The van der Waals surface area contributed by atoms with Crippen molar-refractivity contribution in [2.24, 2.45) is 0 Å². The van der Waals surface area contributed by atoms with Gasteiger partial charge in [0.05, 0.1) is 12.2 Å². The van der Waals surface area contributed by atoms with Crippen LogP contribution in [-0.4, -0.2) is 27.6 Å². The molecule has 144 valence electrons. The summed E-state index contributed by atoms with van der Waals surface area (Å²) in [6.45, 7) is 0. The van der Waals surface area contributed by atoms with Crippen LogP contribution >= 0.6 is 0 Å². The van der Waals surface area contributed by atoms with Crippen LogP contribution in [0.3, 0.4) is 0 Å². The Morgan fingerprint density at radius 1 is 1.07 bits per heavy atom. The van der Waals surface area contributed by atoms with Gasteiger partial charge in [0.25, 0.3) is 5.91 Å². The smallest absolute Gasteiger partial charge is 0.257 e. The van der Waals surface area contributed by atoms with Gasteiger partial charge in [0.1, 0.15) is 11.4 Å². The predicted molar refractivity (Wildman–Crippen MR) is 113 cm³/mol. The van der Waals surface area contributed by atoms with Gasteiger partial charge in [0.15, 0.2) is 5.65 Å². The molecule has 0 spiro atoms. The number of fused-ring (bicyclic) bond motifs is 2. The predicted octanol–water partition coefficient (Wildman–Crippen LogP) is 3.86. The number of aryl methyl sites for hydroxylation is 1. The van der Waals surface area contributed by atoms with E-state index in [1.54, 1.807) is 24.0 Å². The van der Waals surface area contributed by atoms with E-state index in [0.717, 1.165) is 24.0 Å². The number of nitrogens with one attached hydrogen (secondary N) is 2. The molecular weight excluding hydrogens is 362 g/mol. The molecule has 1 amide bonds. The number of rotatable bonds is 4. The standard InChI is InChI=1S/C23H21N5O/c1-24-21-19(23(29)27-20-12-11-16-9-5-6-10-17(16)20)13-25-22-18(14-26-28(21)22)15-7-3-2-4-8-15/h2-10,13-14,20,24H,11-12H2,1H3,(H,27,29)/t20-/m0/s1. The zero-order valence-corrected chi connectivity index (χ0v) is 16.1. The highest BCUT2D eigenvalue weighted by Crippen LogP contribution is 2.32. The summed E-state index contributed by atoms with van der Waals surface area (Å²) in [5, 5.41) is 10.8. The summed E-state index contributed by atoms with van der Waals surface area (Å²) < 4.78 is 1.69. The second-order valence-corrected chi connectivity index (χ2v) is 7.19. The molecule has 4 aromatic rings. The molecule has 0 radical (unpaired) electrons. The maximum Gasteiger partial charge on any atom is 0.257 e. The molecule has 0 saturated heterocycles. The molecule has 2 aromatic carbocycles. The largest absolute Gasteiger partial charge is 0.372 e. The Balaban J connectivity index is 1.50. The Labute approximate surface area is 168 Å². The minimum absolute atomic E-state index is 0.0246. The Bertz CT molecular complexity index is 1200. The zero-order chi connectivity index (χ0) is 19.8. The molecule has 5 rings (SSSR count). The molecule has 0 aliphatic heterocycles. The van der Waals surface area contributed by atoms with Gasteiger partial charge >= 0.3 is 0 Å². The lowest BCUT2D eigenvalue weighted by Crippen LogP contribution is -2.28. The molecule has 2 N–H and O–H groups in total. The number of aromatic nitrogens is 3. The van der Waals surface area contributed by atoms with E-state index in [0.29, 0.717) is 17.0 Å². The number of amides is 1. The summed E-state index contributed by atoms with van der Waals surface area (Å²) in [5.74, 6) is 0.475. The molecule has 6 nitrogen and oxygen atoms in total. The fourth-order valence-electron chi connectivity index (χ4n) is 4.10. The lowest BCUT2D eigenvalue weighted by Gasteiger charge is -2.16. The van der Waals surface area contributed by atoms with E-state index in [1.807, 2.05) is 42.5 Å². The normalized spacial score (nSPS) is 15.3. The highest BCUT2D eigenvalue weighted by Gasteiger charge is 2.26. The summed E-state index contributed by atoms with van der Waals surface area (Å²) in [5.41, 5.74) is 5.66. The molecule has 2 aromatic heterocycles. The van der Waals surface area contributed by atoms with Gasteiger partial charge in [-0.25, -0.2) is 4.98 Å². The lowest BCUT2D eigenvalue weighted by atomic mass is 10.1. The average Bonchev–Trinajstić information content (AvgIpc) is 3.38. The molecule has 6 heteroatoms. The SMILES string of the molecule is CNc1c(C(=O)N[C@H]2CCc3ccccc32)cnc2c(-c3ccccc3)cnn12. The molecule has 2 heterocycles. The van der Waals surface area contributed by atoms with Crippen LogP contribution in [0.4, 0.5) is 5.82 Å². The van der Waals surface area contributed by atoms with Crippen molar-refractivity contribution < 1.29 is 4.79 Å². The minimum atomic E-state index is -0.151. The van der Waals surface area contributed by atoms with Gasteiger partial charge in [-0.1, -0.05) is 54.6 Å². The van der Waals surface area contributed by atoms with Crippen LogP contribution in [0.2, 0.25) is 0 Å². The highest BCUT2D eigenvalue weighted by molar-refractivity contribution is 5.99. The van der Waals surface area contributed by atoms with Gasteiger partial charge in [0, 0.05) is 18.8 Å². The monoisotopic (exact) mass is 383 g/mol. The third-order valence-electron chi connectivity index (χ3n) is 5.53. The van der Waals surface area contributed by atoms with E-state index in [2.05, 4.69) is 32.8 Å². The third kappa shape index (κ3) is 2.93. The van der Waals surface area contributed by atoms with Gasteiger partial charge in [-0.05, 0) is 29.5 Å². The van der Waals surface area contributed by atoms with Crippen LogP contribution in [0.25, 0.3) is 16.8 Å². The number of anilines is 1. The third-order valence-corrected chi connectivity index (χ3v) is 5.53. The van der Waals surface area contributed by atoms with E-state index in [4.69, 9.17) is 0 Å². The number of benzene rings is 2. The van der Waals surface area contributed by atoms with E-state index < -0.39 is 0 Å². The van der Waals surface area contributed by atoms with Crippen molar-refractivity contribution in [3.05, 3.63) is 83.7 Å². The van der Waals surface area contributed by atoms with Crippen LogP contribution in [0.5, 0.6) is 0 Å². The second-order valence-electron chi connectivity index (χ2n) is 7.19. The zero-order valence-electron chi connectivity index (χ0n) is 16.1. The van der Waals surface area contributed by atoms with Crippen molar-refractivity contribution in [3.8, 4) is 11.1 Å². The van der Waals surface area contributed by atoms with Crippen molar-refractivity contribution in [3.63, 3.8) is 0 Å². The second kappa shape index (κ2) is 7.05. The van der Waals surface area contributed by atoms with Crippen LogP contribution in [0.1, 0.15) is 33.9 Å². The summed E-state index contributed by atoms with van der Waals surface area (Å²) >= 11 is 0. The summed E-state index contributed by atoms with van der Waals surface area (Å²) in [6.07, 6.45) is 5.31. The number of carbonyl (C=O) groups excluding carboxylic acids is 1. The number of hydrogen-bond donors (Lipinski definition) is 2. The van der Waals surface area contributed by atoms with Crippen molar-refractivity contribution in [2.75, 3.05) is 12.4 Å². The summed E-state index contributed by atoms with van der Waals surface area (Å²) in [6, 6.07) is 18.3. The Hall–Kier alpha value is -3.67. The molecular formula is C23H21N5O. The van der Waals surface area contributed by atoms with Crippen LogP contribution in [-0.2, 0) is 6.42 Å². The fraction of sp³-hybridized carbons (Fsp3) is 0.174. The minimum Gasteiger partial charge on any atom is -0.372 e. The fourth-order valence-corrected chi connectivity index (χ4v) is 4.10. The molecule has 0 saturated carbocycles. The van der Waals surface area contributed by atoms with E-state index in [-0.39, 0.29) is 11.9 Å². The van der Waals surface area contributed by atoms with Crippen LogP contribution < -0.4 is 10.6 Å². The van der Waals surface area contributed by atoms with Crippen molar-refractivity contribution in [1.29, 1.82) is 0 Å². The van der Waals surface area contributed by atoms with Gasteiger partial charge in [-0.2, -0.15) is 9.61 Å². The van der Waals surface area contributed by atoms with Gasteiger partial charge in [0.2, 0.25) is 0 Å². The molecule has 29 heavy (non-hydrogen) atoms. The first-order chi connectivity index (χ1) is 14.3. The number of nitrogens with zero attached hydrogens (tertiary/aromatic N) is 3. The number of carbonyl (C=O) groups is 1. The quantitative estimate of drug-likeness (QED) is 0.561. The number of hydrogen-bond acceptors (Lipinski definition) is 4. The van der Waals surface area contributed by atoms with E-state index in [9.17, 15) is 4.79 Å². The van der Waals surface area contributed by atoms with Gasteiger partial charge in [-0.15, -0.1) is 0 Å². The average molecular weight is 383 g/mol. The van der Waals surface area contributed by atoms with E-state index in [1.165, 1.54) is 11.1 Å². The first-order valence-corrected chi connectivity index (χ1v) is 9.75.